The average Bonchev–Trinajstić information content (AvgIpc) is 2.50. The maximum absolute atomic E-state index is 12.6. The lowest BCUT2D eigenvalue weighted by atomic mass is 10.2. The van der Waals surface area contributed by atoms with Crippen LogP contribution in [0, 0.1) is 0 Å². The van der Waals surface area contributed by atoms with Gasteiger partial charge in [0.2, 0.25) is 0 Å². The zero-order valence-electron chi connectivity index (χ0n) is 11.2. The maximum atomic E-state index is 12.6. The third kappa shape index (κ3) is 3.22. The van der Waals surface area contributed by atoms with Gasteiger partial charge in [-0.1, -0.05) is 36.4 Å². The molecule has 3 nitrogen and oxygen atoms in total. The van der Waals surface area contributed by atoms with Gasteiger partial charge in [0.05, 0.1) is 12.3 Å². The van der Waals surface area contributed by atoms with E-state index in [0.29, 0.717) is 17.9 Å². The molecule has 0 fully saturated rings. The normalized spacial score (nSPS) is 9.85. The number of carbonyl (C=O) groups excluding carboxylic acids is 1. The fourth-order valence-corrected chi connectivity index (χ4v) is 2.09. The molecule has 0 saturated heterocycles. The van der Waals surface area contributed by atoms with Gasteiger partial charge in [-0.25, -0.2) is 4.90 Å². The summed E-state index contributed by atoms with van der Waals surface area (Å²) in [5.41, 5.74) is 1.26. The van der Waals surface area contributed by atoms with Crippen LogP contribution in [0.5, 0.6) is 0 Å². The molecule has 20 heavy (non-hydrogen) atoms. The minimum atomic E-state index is -0.199. The Bertz CT molecular complexity index is 584. The number of hydrogen-bond donors (Lipinski definition) is 0. The molecule has 0 unspecified atom stereocenters. The number of thiocarbonyl (C=S) groups is 1. The molecule has 0 heterocycles. The van der Waals surface area contributed by atoms with Gasteiger partial charge in [0.15, 0.2) is 0 Å². The number of para-hydroxylation sites is 1. The number of anilines is 1. The molecule has 2 aromatic rings. The number of rotatable bonds is 3. The second-order valence-electron chi connectivity index (χ2n) is 4.04. The quantitative estimate of drug-likeness (QED) is 0.806. The standard InChI is InChI=1S/C16H15NO2S/c1-2-19-16(20)17(14-11-7-4-8-12-14)15(18)13-9-5-3-6-10-13/h3-12H,2H2,1H3. The summed E-state index contributed by atoms with van der Waals surface area (Å²) < 4.78 is 5.34. The van der Waals surface area contributed by atoms with Crippen LogP contribution in [0.15, 0.2) is 60.7 Å². The Labute approximate surface area is 123 Å². The molecule has 0 atom stereocenters. The molecular formula is C16H15NO2S. The summed E-state index contributed by atoms with van der Waals surface area (Å²) in [6, 6.07) is 18.3. The Morgan fingerprint density at radius 1 is 1.05 bits per heavy atom. The summed E-state index contributed by atoms with van der Waals surface area (Å²) in [5.74, 6) is -0.199. The van der Waals surface area contributed by atoms with Crippen LogP contribution in [0.2, 0.25) is 0 Å². The van der Waals surface area contributed by atoms with Gasteiger partial charge in [0.1, 0.15) is 0 Å². The first kappa shape index (κ1) is 14.2. The zero-order chi connectivity index (χ0) is 14.4. The Morgan fingerprint density at radius 3 is 2.15 bits per heavy atom. The number of nitrogens with zero attached hydrogens (tertiary/aromatic N) is 1. The van der Waals surface area contributed by atoms with Crippen LogP contribution in [0.1, 0.15) is 17.3 Å². The molecule has 2 rings (SSSR count). The molecule has 102 valence electrons. The Morgan fingerprint density at radius 2 is 1.60 bits per heavy atom. The average molecular weight is 285 g/mol. The molecule has 0 aliphatic carbocycles. The van der Waals surface area contributed by atoms with Gasteiger partial charge in [0.25, 0.3) is 11.1 Å². The summed E-state index contributed by atoms with van der Waals surface area (Å²) in [7, 11) is 0. The van der Waals surface area contributed by atoms with E-state index in [1.165, 1.54) is 4.90 Å². The number of benzene rings is 2. The monoisotopic (exact) mass is 285 g/mol. The molecule has 0 aliphatic rings. The second kappa shape index (κ2) is 6.82. The van der Waals surface area contributed by atoms with Gasteiger partial charge in [0, 0.05) is 5.56 Å². The number of ether oxygens (including phenoxy) is 1. The molecule has 0 aliphatic heterocycles. The van der Waals surface area contributed by atoms with Gasteiger partial charge in [-0.15, -0.1) is 0 Å². The predicted octanol–water partition coefficient (Wildman–Crippen LogP) is 3.65. The van der Waals surface area contributed by atoms with Gasteiger partial charge in [-0.05, 0) is 43.4 Å². The van der Waals surface area contributed by atoms with Gasteiger partial charge < -0.3 is 4.74 Å². The molecule has 2 aromatic carbocycles. The second-order valence-corrected chi connectivity index (χ2v) is 4.39. The molecule has 0 N–H and O–H groups in total. The predicted molar refractivity (Wildman–Crippen MR) is 83.9 cm³/mol. The van der Waals surface area contributed by atoms with Crippen molar-refractivity contribution in [3.05, 3.63) is 66.2 Å². The summed E-state index contributed by atoms with van der Waals surface area (Å²) in [6.07, 6.45) is 0. The van der Waals surface area contributed by atoms with Crippen LogP contribution >= 0.6 is 12.2 Å². The molecule has 0 radical (unpaired) electrons. The van der Waals surface area contributed by atoms with Crippen molar-refractivity contribution in [2.24, 2.45) is 0 Å². The van der Waals surface area contributed by atoms with E-state index in [0.717, 1.165) is 0 Å². The van der Waals surface area contributed by atoms with Crippen molar-refractivity contribution in [3.63, 3.8) is 0 Å². The highest BCUT2D eigenvalue weighted by Crippen LogP contribution is 2.18. The highest BCUT2D eigenvalue weighted by molar-refractivity contribution is 7.80. The Balaban J connectivity index is 2.37. The summed E-state index contributed by atoms with van der Waals surface area (Å²) in [6.45, 7) is 2.26. The summed E-state index contributed by atoms with van der Waals surface area (Å²) in [5, 5.41) is 0.160. The van der Waals surface area contributed by atoms with E-state index in [4.69, 9.17) is 17.0 Å². The highest BCUT2D eigenvalue weighted by atomic mass is 32.1. The van der Waals surface area contributed by atoms with Crippen LogP contribution in [-0.2, 0) is 4.74 Å². The Kier molecular flexibility index (Phi) is 4.85. The highest BCUT2D eigenvalue weighted by Gasteiger charge is 2.22. The fraction of sp³-hybridized carbons (Fsp3) is 0.125. The van der Waals surface area contributed by atoms with Crippen molar-refractivity contribution >= 4 is 29.0 Å². The van der Waals surface area contributed by atoms with Crippen LogP contribution in [0.4, 0.5) is 5.69 Å². The molecule has 0 saturated carbocycles. The SMILES string of the molecule is CCOC(=S)N(C(=O)c1ccccc1)c1ccccc1. The summed E-state index contributed by atoms with van der Waals surface area (Å²) in [4.78, 5) is 14.0. The van der Waals surface area contributed by atoms with E-state index >= 15 is 0 Å². The first-order valence-electron chi connectivity index (χ1n) is 6.35. The molecular weight excluding hydrogens is 270 g/mol. The first-order chi connectivity index (χ1) is 9.74. The van der Waals surface area contributed by atoms with Crippen molar-refractivity contribution in [1.29, 1.82) is 0 Å². The number of amides is 1. The van der Waals surface area contributed by atoms with Crippen molar-refractivity contribution in [3.8, 4) is 0 Å². The van der Waals surface area contributed by atoms with E-state index in [1.807, 2.05) is 55.5 Å². The molecule has 0 spiro atoms. The molecule has 0 bridgehead atoms. The van der Waals surface area contributed by atoms with E-state index in [-0.39, 0.29) is 11.1 Å². The van der Waals surface area contributed by atoms with Crippen LogP contribution in [-0.4, -0.2) is 17.7 Å². The third-order valence-electron chi connectivity index (χ3n) is 2.69. The van der Waals surface area contributed by atoms with Crippen LogP contribution in [0.25, 0.3) is 0 Å². The Hall–Kier alpha value is -2.20. The minimum absolute atomic E-state index is 0.160. The van der Waals surface area contributed by atoms with E-state index in [2.05, 4.69) is 0 Å². The topological polar surface area (TPSA) is 29.5 Å². The number of hydrogen-bond acceptors (Lipinski definition) is 3. The molecule has 0 aromatic heterocycles. The minimum Gasteiger partial charge on any atom is -0.471 e. The molecule has 1 amide bonds. The lowest BCUT2D eigenvalue weighted by Crippen LogP contribution is -2.37. The van der Waals surface area contributed by atoms with Crippen molar-refractivity contribution in [2.45, 2.75) is 6.92 Å². The zero-order valence-corrected chi connectivity index (χ0v) is 12.0. The van der Waals surface area contributed by atoms with Crippen molar-refractivity contribution in [1.82, 2.24) is 0 Å². The van der Waals surface area contributed by atoms with Crippen molar-refractivity contribution < 1.29 is 9.53 Å². The first-order valence-corrected chi connectivity index (χ1v) is 6.76. The largest absolute Gasteiger partial charge is 0.471 e. The molecule has 4 heteroatoms. The van der Waals surface area contributed by atoms with Crippen LogP contribution in [0.3, 0.4) is 0 Å². The van der Waals surface area contributed by atoms with E-state index in [9.17, 15) is 4.79 Å². The maximum Gasteiger partial charge on any atom is 0.271 e. The van der Waals surface area contributed by atoms with Gasteiger partial charge in [-0.3, -0.25) is 4.79 Å². The lowest BCUT2D eigenvalue weighted by Gasteiger charge is -2.22. The van der Waals surface area contributed by atoms with Gasteiger partial charge in [-0.2, -0.15) is 0 Å². The summed E-state index contributed by atoms with van der Waals surface area (Å²) >= 11 is 5.22. The van der Waals surface area contributed by atoms with Crippen LogP contribution < -0.4 is 4.90 Å². The smallest absolute Gasteiger partial charge is 0.271 e. The fourth-order valence-electron chi connectivity index (χ4n) is 1.78. The lowest BCUT2D eigenvalue weighted by molar-refractivity contribution is 0.0996. The third-order valence-corrected chi connectivity index (χ3v) is 2.99. The van der Waals surface area contributed by atoms with E-state index in [1.54, 1.807) is 12.1 Å². The van der Waals surface area contributed by atoms with E-state index < -0.39 is 0 Å². The van der Waals surface area contributed by atoms with Gasteiger partial charge >= 0.3 is 0 Å². The number of carbonyl (C=O) groups is 1. The van der Waals surface area contributed by atoms with Crippen molar-refractivity contribution in [2.75, 3.05) is 11.5 Å².